The van der Waals surface area contributed by atoms with Gasteiger partial charge in [-0.15, -0.1) is 0 Å². The fraction of sp³-hybridized carbons (Fsp3) is 0.0909. The molecule has 3 nitrogen and oxygen atoms in total. The number of carbonyl (C=O) groups is 1. The van der Waals surface area contributed by atoms with Crippen molar-refractivity contribution in [3.63, 3.8) is 0 Å². The topological polar surface area (TPSA) is 56.0 Å². The molecule has 0 unspecified atom stereocenters. The summed E-state index contributed by atoms with van der Waals surface area (Å²) in [5, 5.41) is 0. The first-order valence-electron chi connectivity index (χ1n) is 4.61. The van der Waals surface area contributed by atoms with Crippen molar-refractivity contribution in [3.8, 4) is 11.3 Å². The minimum atomic E-state index is -0.315. The summed E-state index contributed by atoms with van der Waals surface area (Å²) in [6.45, 7) is 1.44. The number of nitrogens with two attached hydrogens (primary N) is 1. The van der Waals surface area contributed by atoms with Crippen molar-refractivity contribution in [3.05, 3.63) is 35.0 Å². The summed E-state index contributed by atoms with van der Waals surface area (Å²) in [5.41, 5.74) is 7.42. The van der Waals surface area contributed by atoms with Gasteiger partial charge in [0.1, 0.15) is 16.4 Å². The molecule has 0 spiro atoms. The summed E-state index contributed by atoms with van der Waals surface area (Å²) in [4.78, 5) is 11.6. The Hall–Kier alpha value is -1.75. The maximum absolute atomic E-state index is 12.7. The molecule has 0 aliphatic heterocycles. The molecule has 0 saturated carbocycles. The van der Waals surface area contributed by atoms with E-state index >= 15 is 0 Å². The molecule has 1 aromatic carbocycles. The summed E-state index contributed by atoms with van der Waals surface area (Å²) in [6, 6.07) is 5.85. The molecule has 82 valence electrons. The number of Topliss-reactive ketones (excluding diaryl/α,β-unsaturated/α-hetero) is 1. The lowest BCUT2D eigenvalue weighted by Gasteiger charge is -1.98. The highest BCUT2D eigenvalue weighted by Gasteiger charge is 2.15. The van der Waals surface area contributed by atoms with Crippen molar-refractivity contribution in [2.24, 2.45) is 0 Å². The molecule has 0 saturated heterocycles. The van der Waals surface area contributed by atoms with Gasteiger partial charge in [-0.25, -0.2) is 4.39 Å². The van der Waals surface area contributed by atoms with E-state index in [-0.39, 0.29) is 11.6 Å². The number of anilines is 1. The van der Waals surface area contributed by atoms with Gasteiger partial charge in [0.15, 0.2) is 5.78 Å². The normalized spacial score (nSPS) is 10.4. The summed E-state index contributed by atoms with van der Waals surface area (Å²) < 4.78 is 16.8. The molecule has 1 heterocycles. The number of hydrogen-bond acceptors (Lipinski definition) is 4. The van der Waals surface area contributed by atoms with Crippen molar-refractivity contribution < 1.29 is 9.18 Å². The number of aromatic nitrogens is 1. The Balaban J connectivity index is 2.49. The molecule has 16 heavy (non-hydrogen) atoms. The van der Waals surface area contributed by atoms with E-state index in [4.69, 9.17) is 5.73 Å². The number of nitrogens with zero attached hydrogens (tertiary/aromatic N) is 1. The summed E-state index contributed by atoms with van der Waals surface area (Å²) in [6.07, 6.45) is 0. The van der Waals surface area contributed by atoms with E-state index in [1.54, 1.807) is 12.1 Å². The minimum absolute atomic E-state index is 0.108. The average molecular weight is 236 g/mol. The quantitative estimate of drug-likeness (QED) is 0.816. The zero-order chi connectivity index (χ0) is 11.7. The van der Waals surface area contributed by atoms with Crippen LogP contribution in [-0.2, 0) is 0 Å². The van der Waals surface area contributed by atoms with Gasteiger partial charge in [0.05, 0.1) is 5.69 Å². The Bertz CT molecular complexity index is 533. The number of benzene rings is 1. The van der Waals surface area contributed by atoms with Crippen LogP contribution in [-0.4, -0.2) is 10.2 Å². The SMILES string of the molecule is CC(=O)c1snc(-c2ccc(F)cc2)c1N. The lowest BCUT2D eigenvalue weighted by atomic mass is 10.1. The number of hydrogen-bond donors (Lipinski definition) is 1. The monoisotopic (exact) mass is 236 g/mol. The molecule has 0 aliphatic rings. The van der Waals surface area contributed by atoms with Crippen LogP contribution in [0.3, 0.4) is 0 Å². The zero-order valence-corrected chi connectivity index (χ0v) is 9.34. The maximum Gasteiger partial charge on any atom is 0.173 e. The van der Waals surface area contributed by atoms with Crippen molar-refractivity contribution in [1.29, 1.82) is 0 Å². The van der Waals surface area contributed by atoms with E-state index in [0.717, 1.165) is 11.5 Å². The van der Waals surface area contributed by atoms with Crippen LogP contribution in [0.15, 0.2) is 24.3 Å². The van der Waals surface area contributed by atoms with Crippen LogP contribution < -0.4 is 5.73 Å². The average Bonchev–Trinajstić information content (AvgIpc) is 2.61. The Kier molecular flexibility index (Phi) is 2.70. The predicted molar refractivity (Wildman–Crippen MR) is 61.9 cm³/mol. The molecule has 2 aromatic rings. The second kappa shape index (κ2) is 4.02. The highest BCUT2D eigenvalue weighted by molar-refractivity contribution is 7.09. The van der Waals surface area contributed by atoms with E-state index in [9.17, 15) is 9.18 Å². The van der Waals surface area contributed by atoms with Gasteiger partial charge >= 0.3 is 0 Å². The van der Waals surface area contributed by atoms with Gasteiger partial charge in [-0.1, -0.05) is 0 Å². The summed E-state index contributed by atoms with van der Waals surface area (Å²) in [7, 11) is 0. The second-order valence-corrected chi connectivity index (χ2v) is 4.11. The van der Waals surface area contributed by atoms with Crippen LogP contribution in [0, 0.1) is 5.82 Å². The molecule has 2 N–H and O–H groups in total. The molecule has 0 radical (unpaired) electrons. The van der Waals surface area contributed by atoms with Crippen LogP contribution >= 0.6 is 11.5 Å². The maximum atomic E-state index is 12.7. The Labute approximate surface area is 95.9 Å². The highest BCUT2D eigenvalue weighted by atomic mass is 32.1. The van der Waals surface area contributed by atoms with Gasteiger partial charge in [-0.05, 0) is 35.8 Å². The molecule has 0 fully saturated rings. The molecule has 0 amide bonds. The third kappa shape index (κ3) is 1.81. The van der Waals surface area contributed by atoms with Gasteiger partial charge in [0.2, 0.25) is 0 Å². The zero-order valence-electron chi connectivity index (χ0n) is 8.53. The van der Waals surface area contributed by atoms with Crippen molar-refractivity contribution in [1.82, 2.24) is 4.37 Å². The Morgan fingerprint density at radius 3 is 2.50 bits per heavy atom. The first kappa shape index (κ1) is 10.8. The van der Waals surface area contributed by atoms with Gasteiger partial charge in [-0.2, -0.15) is 4.37 Å². The first-order chi connectivity index (χ1) is 7.59. The summed E-state index contributed by atoms with van der Waals surface area (Å²) >= 11 is 1.07. The molecule has 1 aromatic heterocycles. The standard InChI is InChI=1S/C11H9FN2OS/c1-6(15)11-9(13)10(14-16-11)7-2-4-8(12)5-3-7/h2-5H,13H2,1H3. The smallest absolute Gasteiger partial charge is 0.173 e. The first-order valence-corrected chi connectivity index (χ1v) is 5.39. The Morgan fingerprint density at radius 1 is 1.38 bits per heavy atom. The summed E-state index contributed by atoms with van der Waals surface area (Å²) in [5.74, 6) is -0.423. The van der Waals surface area contributed by atoms with Crippen LogP contribution in [0.4, 0.5) is 10.1 Å². The van der Waals surface area contributed by atoms with Crippen LogP contribution in [0.25, 0.3) is 11.3 Å². The number of rotatable bonds is 2. The van der Waals surface area contributed by atoms with E-state index in [0.29, 0.717) is 21.8 Å². The number of nitrogen functional groups attached to an aromatic ring is 1. The van der Waals surface area contributed by atoms with E-state index < -0.39 is 0 Å². The molecular weight excluding hydrogens is 227 g/mol. The number of ketones is 1. The Morgan fingerprint density at radius 2 is 2.00 bits per heavy atom. The fourth-order valence-corrected chi connectivity index (χ4v) is 2.08. The molecule has 5 heteroatoms. The van der Waals surface area contributed by atoms with E-state index in [2.05, 4.69) is 4.37 Å². The van der Waals surface area contributed by atoms with Gasteiger partial charge in [-0.3, -0.25) is 4.79 Å². The third-order valence-corrected chi connectivity index (χ3v) is 3.13. The van der Waals surface area contributed by atoms with Gasteiger partial charge in [0.25, 0.3) is 0 Å². The lowest BCUT2D eigenvalue weighted by Crippen LogP contribution is -1.95. The third-order valence-electron chi connectivity index (χ3n) is 2.17. The molecule has 0 bridgehead atoms. The van der Waals surface area contributed by atoms with E-state index in [1.807, 2.05) is 0 Å². The van der Waals surface area contributed by atoms with Crippen molar-refractivity contribution >= 4 is 23.0 Å². The van der Waals surface area contributed by atoms with Crippen molar-refractivity contribution in [2.45, 2.75) is 6.92 Å². The molecule has 0 aliphatic carbocycles. The minimum Gasteiger partial charge on any atom is -0.396 e. The van der Waals surface area contributed by atoms with Crippen LogP contribution in [0.1, 0.15) is 16.6 Å². The van der Waals surface area contributed by atoms with Gasteiger partial charge < -0.3 is 5.73 Å². The highest BCUT2D eigenvalue weighted by Crippen LogP contribution is 2.30. The molecule has 2 rings (SSSR count). The number of carbonyl (C=O) groups excluding carboxylic acids is 1. The largest absolute Gasteiger partial charge is 0.396 e. The predicted octanol–water partition coefficient (Wildman–Crippen LogP) is 2.73. The number of halogens is 1. The molecule has 0 atom stereocenters. The second-order valence-electron chi connectivity index (χ2n) is 3.34. The molecular formula is C11H9FN2OS. The lowest BCUT2D eigenvalue weighted by molar-refractivity contribution is 0.102. The van der Waals surface area contributed by atoms with Gasteiger partial charge in [0, 0.05) is 12.5 Å². The van der Waals surface area contributed by atoms with Crippen molar-refractivity contribution in [2.75, 3.05) is 5.73 Å². The van der Waals surface area contributed by atoms with Crippen LogP contribution in [0.5, 0.6) is 0 Å². The van der Waals surface area contributed by atoms with E-state index in [1.165, 1.54) is 19.1 Å². The fourth-order valence-electron chi connectivity index (χ4n) is 1.37. The van der Waals surface area contributed by atoms with Crippen LogP contribution in [0.2, 0.25) is 0 Å².